The molecule has 0 unspecified atom stereocenters. The number of carbonyl (C=O) groups is 2. The summed E-state index contributed by atoms with van der Waals surface area (Å²) in [5.74, 6) is -1.76. The van der Waals surface area contributed by atoms with E-state index in [-0.39, 0.29) is 11.8 Å². The number of nitriles is 1. The molecule has 0 aliphatic rings. The Morgan fingerprint density at radius 1 is 1.44 bits per heavy atom. The van der Waals surface area contributed by atoms with Gasteiger partial charge in [-0.1, -0.05) is 0 Å². The van der Waals surface area contributed by atoms with Crippen LogP contribution in [0.25, 0.3) is 0 Å². The Morgan fingerprint density at radius 3 is 2.44 bits per heavy atom. The van der Waals surface area contributed by atoms with Gasteiger partial charge in [-0.15, -0.1) is 11.6 Å². The summed E-state index contributed by atoms with van der Waals surface area (Å²) >= 11 is 5.22. The highest BCUT2D eigenvalue weighted by Crippen LogP contribution is 2.34. The van der Waals surface area contributed by atoms with E-state index in [0.29, 0.717) is 6.07 Å². The van der Waals surface area contributed by atoms with Crippen molar-refractivity contribution in [3.8, 4) is 6.07 Å². The van der Waals surface area contributed by atoms with E-state index in [2.05, 4.69) is 0 Å². The number of Topliss-reactive ketones (excluding diaryl/α,β-unsaturated/α-hetero) is 1. The molecule has 0 N–H and O–H groups in total. The highest BCUT2D eigenvalue weighted by atomic mass is 35.5. The van der Waals surface area contributed by atoms with Crippen molar-refractivity contribution >= 4 is 23.7 Å². The standard InChI is InChI=1S/C11H5ClF3NO2/c12-3-9(18)10-7(5-17)6(4-16)1-2-8(10)11(13,14)15/h1-2,5H,3H2. The van der Waals surface area contributed by atoms with Crippen LogP contribution in [0.15, 0.2) is 12.1 Å². The monoisotopic (exact) mass is 275 g/mol. The maximum atomic E-state index is 12.7. The van der Waals surface area contributed by atoms with Crippen LogP contribution in [-0.2, 0) is 6.18 Å². The molecule has 3 nitrogen and oxygen atoms in total. The molecule has 0 radical (unpaired) electrons. The van der Waals surface area contributed by atoms with Crippen molar-refractivity contribution in [1.82, 2.24) is 0 Å². The molecule has 18 heavy (non-hydrogen) atoms. The van der Waals surface area contributed by atoms with Crippen molar-refractivity contribution in [2.24, 2.45) is 0 Å². The number of nitrogens with zero attached hydrogens (tertiary/aromatic N) is 1. The summed E-state index contributed by atoms with van der Waals surface area (Å²) in [6.07, 6.45) is -4.75. The lowest BCUT2D eigenvalue weighted by atomic mass is 9.94. The van der Waals surface area contributed by atoms with Crippen molar-refractivity contribution in [2.45, 2.75) is 6.18 Å². The van der Waals surface area contributed by atoms with Gasteiger partial charge in [-0.25, -0.2) is 0 Å². The number of hydrogen-bond acceptors (Lipinski definition) is 3. The Morgan fingerprint density at radius 2 is 2.06 bits per heavy atom. The molecular weight excluding hydrogens is 271 g/mol. The van der Waals surface area contributed by atoms with Gasteiger partial charge in [0.2, 0.25) is 0 Å². The second kappa shape index (κ2) is 5.19. The van der Waals surface area contributed by atoms with E-state index in [1.807, 2.05) is 0 Å². The summed E-state index contributed by atoms with van der Waals surface area (Å²) < 4.78 is 38.1. The van der Waals surface area contributed by atoms with Crippen LogP contribution in [0.1, 0.15) is 31.8 Å². The van der Waals surface area contributed by atoms with Crippen LogP contribution < -0.4 is 0 Å². The molecular formula is C11H5ClF3NO2. The Kier molecular flexibility index (Phi) is 4.09. The van der Waals surface area contributed by atoms with E-state index in [0.717, 1.165) is 6.07 Å². The Labute approximate surface area is 105 Å². The fourth-order valence-corrected chi connectivity index (χ4v) is 1.58. The van der Waals surface area contributed by atoms with E-state index >= 15 is 0 Å². The maximum Gasteiger partial charge on any atom is 0.417 e. The van der Waals surface area contributed by atoms with E-state index < -0.39 is 34.5 Å². The van der Waals surface area contributed by atoms with Crippen LogP contribution in [0, 0.1) is 11.3 Å². The van der Waals surface area contributed by atoms with Crippen LogP contribution in [-0.4, -0.2) is 17.9 Å². The molecule has 1 rings (SSSR count). The van der Waals surface area contributed by atoms with Gasteiger partial charge in [0.25, 0.3) is 0 Å². The Bertz CT molecular complexity index is 546. The molecule has 0 aliphatic carbocycles. The number of ketones is 1. The highest BCUT2D eigenvalue weighted by Gasteiger charge is 2.36. The molecule has 0 saturated carbocycles. The summed E-state index contributed by atoms with van der Waals surface area (Å²) in [5.41, 5.74) is -3.01. The summed E-state index contributed by atoms with van der Waals surface area (Å²) in [5, 5.41) is 8.69. The molecule has 0 aliphatic heterocycles. The van der Waals surface area contributed by atoms with Crippen molar-refractivity contribution in [2.75, 3.05) is 5.88 Å². The molecule has 7 heteroatoms. The SMILES string of the molecule is N#Cc1ccc(C(F)(F)F)c(C(=O)CCl)c1C=O. The average Bonchev–Trinajstić information content (AvgIpc) is 2.34. The van der Waals surface area contributed by atoms with E-state index in [1.54, 1.807) is 6.07 Å². The number of rotatable bonds is 3. The quantitative estimate of drug-likeness (QED) is 0.484. The van der Waals surface area contributed by atoms with Gasteiger partial charge in [-0.3, -0.25) is 9.59 Å². The third kappa shape index (κ3) is 2.51. The minimum Gasteiger partial charge on any atom is -0.298 e. The number of benzene rings is 1. The van der Waals surface area contributed by atoms with Crippen molar-refractivity contribution in [1.29, 1.82) is 5.26 Å². The summed E-state index contributed by atoms with van der Waals surface area (Å²) in [6, 6.07) is 2.98. The van der Waals surface area contributed by atoms with Crippen molar-refractivity contribution in [3.05, 3.63) is 34.4 Å². The van der Waals surface area contributed by atoms with Gasteiger partial charge in [-0.2, -0.15) is 18.4 Å². The number of hydrogen-bond donors (Lipinski definition) is 0. The van der Waals surface area contributed by atoms with E-state index in [4.69, 9.17) is 16.9 Å². The van der Waals surface area contributed by atoms with Crippen molar-refractivity contribution < 1.29 is 22.8 Å². The summed E-state index contributed by atoms with van der Waals surface area (Å²) in [7, 11) is 0. The molecule has 0 fully saturated rings. The predicted octanol–water partition coefficient (Wildman–Crippen LogP) is 2.81. The zero-order valence-corrected chi connectivity index (χ0v) is 9.47. The van der Waals surface area contributed by atoms with E-state index in [9.17, 15) is 22.8 Å². The normalized spacial score (nSPS) is 10.8. The average molecular weight is 276 g/mol. The molecule has 0 heterocycles. The topological polar surface area (TPSA) is 57.9 Å². The molecule has 1 aromatic rings. The van der Waals surface area contributed by atoms with Crippen LogP contribution in [0.5, 0.6) is 0 Å². The number of carbonyl (C=O) groups excluding carboxylic acids is 2. The Balaban J connectivity index is 3.72. The van der Waals surface area contributed by atoms with Gasteiger partial charge in [0.05, 0.1) is 23.1 Å². The third-order valence-electron chi connectivity index (χ3n) is 2.19. The fraction of sp³-hybridized carbons (Fsp3) is 0.182. The third-order valence-corrected chi connectivity index (χ3v) is 2.43. The van der Waals surface area contributed by atoms with Crippen LogP contribution in [0.2, 0.25) is 0 Å². The molecule has 0 spiro atoms. The smallest absolute Gasteiger partial charge is 0.298 e. The molecule has 0 amide bonds. The first-order valence-corrected chi connectivity index (χ1v) is 5.09. The first-order valence-electron chi connectivity index (χ1n) is 4.55. The number of halogens is 4. The molecule has 1 aromatic carbocycles. The lowest BCUT2D eigenvalue weighted by molar-refractivity contribution is -0.137. The van der Waals surface area contributed by atoms with Gasteiger partial charge in [0.15, 0.2) is 12.1 Å². The fourth-order valence-electron chi connectivity index (χ4n) is 1.44. The van der Waals surface area contributed by atoms with Gasteiger partial charge < -0.3 is 0 Å². The van der Waals surface area contributed by atoms with Crippen LogP contribution in [0.3, 0.4) is 0 Å². The largest absolute Gasteiger partial charge is 0.417 e. The number of alkyl halides is 4. The molecule has 94 valence electrons. The zero-order valence-electron chi connectivity index (χ0n) is 8.71. The Hall–Kier alpha value is -1.87. The zero-order chi connectivity index (χ0) is 13.9. The molecule has 0 bridgehead atoms. The van der Waals surface area contributed by atoms with E-state index in [1.165, 1.54) is 0 Å². The minimum atomic E-state index is -4.80. The van der Waals surface area contributed by atoms with Gasteiger partial charge in [0.1, 0.15) is 0 Å². The first kappa shape index (κ1) is 14.2. The lowest BCUT2D eigenvalue weighted by Gasteiger charge is -2.13. The first-order chi connectivity index (χ1) is 8.36. The highest BCUT2D eigenvalue weighted by molar-refractivity contribution is 6.31. The van der Waals surface area contributed by atoms with Crippen LogP contribution >= 0.6 is 11.6 Å². The minimum absolute atomic E-state index is 0.0492. The molecule has 0 aromatic heterocycles. The second-order valence-electron chi connectivity index (χ2n) is 3.23. The van der Waals surface area contributed by atoms with Gasteiger partial charge >= 0.3 is 6.18 Å². The molecule has 0 atom stereocenters. The summed E-state index contributed by atoms with van der Waals surface area (Å²) in [4.78, 5) is 22.2. The number of aldehydes is 1. The van der Waals surface area contributed by atoms with Gasteiger partial charge in [0, 0.05) is 11.1 Å². The lowest BCUT2D eigenvalue weighted by Crippen LogP contribution is -2.17. The second-order valence-corrected chi connectivity index (χ2v) is 3.50. The summed E-state index contributed by atoms with van der Waals surface area (Å²) in [6.45, 7) is 0. The van der Waals surface area contributed by atoms with Crippen LogP contribution in [0.4, 0.5) is 13.2 Å². The van der Waals surface area contributed by atoms with Gasteiger partial charge in [-0.05, 0) is 12.1 Å². The predicted molar refractivity (Wildman–Crippen MR) is 56.6 cm³/mol. The maximum absolute atomic E-state index is 12.7. The van der Waals surface area contributed by atoms with Crippen molar-refractivity contribution in [3.63, 3.8) is 0 Å². The molecule has 0 saturated heterocycles.